The lowest BCUT2D eigenvalue weighted by molar-refractivity contribution is 0.0433. The SMILES string of the molecule is CCCNC(COC(C)CCC)c1cccc(F)c1F. The first-order valence-electron chi connectivity index (χ1n) is 7.39. The molecule has 0 bridgehead atoms. The van der Waals surface area contributed by atoms with Crippen LogP contribution in [-0.4, -0.2) is 19.3 Å². The van der Waals surface area contributed by atoms with Gasteiger partial charge < -0.3 is 10.1 Å². The van der Waals surface area contributed by atoms with Gasteiger partial charge in [-0.05, 0) is 32.4 Å². The smallest absolute Gasteiger partial charge is 0.163 e. The standard InChI is InChI=1S/C16H25F2NO/c1-4-7-12(3)20-11-15(19-10-5-2)13-8-6-9-14(17)16(13)18/h6,8-9,12,15,19H,4-5,7,10-11H2,1-3H3. The van der Waals surface area contributed by atoms with E-state index < -0.39 is 11.6 Å². The highest BCUT2D eigenvalue weighted by Crippen LogP contribution is 2.20. The topological polar surface area (TPSA) is 21.3 Å². The molecule has 2 atom stereocenters. The Kier molecular flexibility index (Phi) is 7.70. The Bertz CT molecular complexity index is 398. The molecule has 0 aliphatic rings. The zero-order chi connectivity index (χ0) is 15.0. The molecule has 1 rings (SSSR count). The van der Waals surface area contributed by atoms with Gasteiger partial charge in [-0.15, -0.1) is 0 Å². The lowest BCUT2D eigenvalue weighted by Gasteiger charge is -2.22. The van der Waals surface area contributed by atoms with Crippen molar-refractivity contribution in [3.8, 4) is 0 Å². The molecular weight excluding hydrogens is 260 g/mol. The first-order valence-corrected chi connectivity index (χ1v) is 7.39. The summed E-state index contributed by atoms with van der Waals surface area (Å²) in [7, 11) is 0. The third kappa shape index (κ3) is 5.17. The summed E-state index contributed by atoms with van der Waals surface area (Å²) >= 11 is 0. The van der Waals surface area contributed by atoms with E-state index >= 15 is 0 Å². The Labute approximate surface area is 120 Å². The van der Waals surface area contributed by atoms with Crippen LogP contribution in [0.25, 0.3) is 0 Å². The zero-order valence-electron chi connectivity index (χ0n) is 12.6. The second-order valence-electron chi connectivity index (χ2n) is 5.08. The third-order valence-electron chi connectivity index (χ3n) is 3.24. The van der Waals surface area contributed by atoms with Crippen LogP contribution in [-0.2, 0) is 4.74 Å². The van der Waals surface area contributed by atoms with Crippen LogP contribution in [0.1, 0.15) is 51.6 Å². The third-order valence-corrected chi connectivity index (χ3v) is 3.24. The molecule has 1 aromatic carbocycles. The lowest BCUT2D eigenvalue weighted by Crippen LogP contribution is -2.29. The van der Waals surface area contributed by atoms with Crippen molar-refractivity contribution < 1.29 is 13.5 Å². The van der Waals surface area contributed by atoms with E-state index in [1.165, 1.54) is 6.07 Å². The van der Waals surface area contributed by atoms with Gasteiger partial charge in [0.25, 0.3) is 0 Å². The number of hydrogen-bond acceptors (Lipinski definition) is 2. The number of nitrogens with one attached hydrogen (secondary N) is 1. The largest absolute Gasteiger partial charge is 0.377 e. The van der Waals surface area contributed by atoms with E-state index in [2.05, 4.69) is 12.2 Å². The minimum absolute atomic E-state index is 0.127. The number of ether oxygens (including phenoxy) is 1. The molecule has 114 valence electrons. The Morgan fingerprint density at radius 2 is 1.95 bits per heavy atom. The maximum absolute atomic E-state index is 13.9. The first kappa shape index (κ1) is 17.1. The minimum Gasteiger partial charge on any atom is -0.377 e. The Morgan fingerprint density at radius 3 is 2.60 bits per heavy atom. The predicted molar refractivity (Wildman–Crippen MR) is 77.7 cm³/mol. The molecule has 0 aromatic heterocycles. The van der Waals surface area contributed by atoms with Gasteiger partial charge in [-0.25, -0.2) is 8.78 Å². The van der Waals surface area contributed by atoms with E-state index in [1.54, 1.807) is 6.07 Å². The van der Waals surface area contributed by atoms with E-state index in [4.69, 9.17) is 4.74 Å². The van der Waals surface area contributed by atoms with Gasteiger partial charge in [0.15, 0.2) is 11.6 Å². The highest BCUT2D eigenvalue weighted by Gasteiger charge is 2.18. The number of benzene rings is 1. The molecule has 0 amide bonds. The quantitative estimate of drug-likeness (QED) is 0.734. The summed E-state index contributed by atoms with van der Waals surface area (Å²) in [5.41, 5.74) is 0.335. The Hall–Kier alpha value is -1.00. The van der Waals surface area contributed by atoms with Crippen molar-refractivity contribution in [3.63, 3.8) is 0 Å². The summed E-state index contributed by atoms with van der Waals surface area (Å²) in [6.45, 7) is 7.22. The molecule has 20 heavy (non-hydrogen) atoms. The van der Waals surface area contributed by atoms with Gasteiger partial charge in [-0.1, -0.05) is 32.4 Å². The highest BCUT2D eigenvalue weighted by molar-refractivity contribution is 5.22. The predicted octanol–water partition coefficient (Wildman–Crippen LogP) is 4.21. The van der Waals surface area contributed by atoms with Crippen LogP contribution in [0.2, 0.25) is 0 Å². The van der Waals surface area contributed by atoms with Crippen LogP contribution in [0, 0.1) is 11.6 Å². The van der Waals surface area contributed by atoms with Crippen molar-refractivity contribution in [2.45, 2.75) is 52.2 Å². The second-order valence-corrected chi connectivity index (χ2v) is 5.08. The molecular formula is C16H25F2NO. The summed E-state index contributed by atoms with van der Waals surface area (Å²) in [6, 6.07) is 3.96. The maximum atomic E-state index is 13.9. The molecule has 2 unspecified atom stereocenters. The monoisotopic (exact) mass is 285 g/mol. The van der Waals surface area contributed by atoms with Gasteiger partial charge in [-0.2, -0.15) is 0 Å². The summed E-state index contributed by atoms with van der Waals surface area (Å²) in [5, 5.41) is 3.22. The fourth-order valence-corrected chi connectivity index (χ4v) is 2.12. The van der Waals surface area contributed by atoms with Crippen molar-refractivity contribution in [3.05, 3.63) is 35.4 Å². The van der Waals surface area contributed by atoms with Crippen LogP contribution in [0.4, 0.5) is 8.78 Å². The van der Waals surface area contributed by atoms with E-state index in [9.17, 15) is 8.78 Å². The molecule has 1 aromatic rings. The van der Waals surface area contributed by atoms with Crippen molar-refractivity contribution in [2.75, 3.05) is 13.2 Å². The van der Waals surface area contributed by atoms with Gasteiger partial charge in [0, 0.05) is 5.56 Å². The van der Waals surface area contributed by atoms with Gasteiger partial charge in [0.1, 0.15) is 0 Å². The number of rotatable bonds is 9. The maximum Gasteiger partial charge on any atom is 0.163 e. The van der Waals surface area contributed by atoms with E-state index in [1.807, 2.05) is 13.8 Å². The van der Waals surface area contributed by atoms with Crippen LogP contribution in [0.5, 0.6) is 0 Å². The van der Waals surface area contributed by atoms with Gasteiger partial charge in [-0.3, -0.25) is 0 Å². The zero-order valence-corrected chi connectivity index (χ0v) is 12.6. The van der Waals surface area contributed by atoms with Crippen molar-refractivity contribution >= 4 is 0 Å². The average molecular weight is 285 g/mol. The average Bonchev–Trinajstić information content (AvgIpc) is 2.43. The summed E-state index contributed by atoms with van der Waals surface area (Å²) in [6.07, 6.45) is 3.06. The molecule has 0 saturated heterocycles. The second kappa shape index (κ2) is 9.03. The molecule has 0 fully saturated rings. The molecule has 4 heteroatoms. The molecule has 0 saturated carbocycles. The van der Waals surface area contributed by atoms with E-state index in [0.717, 1.165) is 31.9 Å². The van der Waals surface area contributed by atoms with Gasteiger partial charge in [0.05, 0.1) is 18.8 Å². The minimum atomic E-state index is -0.813. The van der Waals surface area contributed by atoms with Gasteiger partial charge in [0.2, 0.25) is 0 Å². The highest BCUT2D eigenvalue weighted by atomic mass is 19.2. The van der Waals surface area contributed by atoms with E-state index in [-0.39, 0.29) is 12.1 Å². The Morgan fingerprint density at radius 1 is 1.20 bits per heavy atom. The summed E-state index contributed by atoms with van der Waals surface area (Å²) < 4.78 is 33.0. The van der Waals surface area contributed by atoms with Crippen molar-refractivity contribution in [2.24, 2.45) is 0 Å². The Balaban J connectivity index is 2.75. The summed E-state index contributed by atoms with van der Waals surface area (Å²) in [4.78, 5) is 0. The fourth-order valence-electron chi connectivity index (χ4n) is 2.12. The first-order chi connectivity index (χ1) is 9.60. The van der Waals surface area contributed by atoms with Gasteiger partial charge >= 0.3 is 0 Å². The van der Waals surface area contributed by atoms with Crippen LogP contribution in [0.3, 0.4) is 0 Å². The lowest BCUT2D eigenvalue weighted by atomic mass is 10.1. The normalized spacial score (nSPS) is 14.2. The van der Waals surface area contributed by atoms with E-state index in [0.29, 0.717) is 12.2 Å². The molecule has 0 radical (unpaired) electrons. The van der Waals surface area contributed by atoms with Crippen LogP contribution in [0.15, 0.2) is 18.2 Å². The molecule has 2 nitrogen and oxygen atoms in total. The van der Waals surface area contributed by atoms with Crippen molar-refractivity contribution in [1.82, 2.24) is 5.32 Å². The number of halogens is 2. The number of hydrogen-bond donors (Lipinski definition) is 1. The molecule has 0 spiro atoms. The van der Waals surface area contributed by atoms with Crippen LogP contribution >= 0.6 is 0 Å². The fraction of sp³-hybridized carbons (Fsp3) is 0.625. The molecule has 0 aliphatic heterocycles. The van der Waals surface area contributed by atoms with Crippen molar-refractivity contribution in [1.29, 1.82) is 0 Å². The molecule has 0 heterocycles. The summed E-state index contributed by atoms with van der Waals surface area (Å²) in [5.74, 6) is -1.60. The molecule has 0 aliphatic carbocycles. The van der Waals surface area contributed by atoms with Crippen LogP contribution < -0.4 is 5.32 Å². The molecule has 1 N–H and O–H groups in total.